The average Bonchev–Trinajstić information content (AvgIpc) is 3.56. The van der Waals surface area contributed by atoms with Crippen LogP contribution in [0.25, 0.3) is 5.82 Å². The molecule has 1 atom stereocenters. The third-order valence-electron chi connectivity index (χ3n) is 6.85. The van der Waals surface area contributed by atoms with Gasteiger partial charge in [0.15, 0.2) is 5.82 Å². The Morgan fingerprint density at radius 1 is 1.25 bits per heavy atom. The second-order valence-electron chi connectivity index (χ2n) is 11.3. The molecule has 3 aromatic heterocycles. The molecule has 1 unspecified atom stereocenters. The fraction of sp³-hybridized carbons (Fsp3) is 0.538. The molecule has 2 N–H and O–H groups in total. The van der Waals surface area contributed by atoms with E-state index < -0.39 is 18.2 Å². The number of aryl methyl sites for hydroxylation is 1. The molecule has 3 aromatic rings. The lowest BCUT2D eigenvalue weighted by molar-refractivity contribution is -0.219. The van der Waals surface area contributed by atoms with Crippen LogP contribution >= 0.6 is 11.9 Å². The number of pyridine rings is 1. The van der Waals surface area contributed by atoms with Crippen molar-refractivity contribution < 1.29 is 27.8 Å². The number of aromatic nitrogens is 5. The van der Waals surface area contributed by atoms with E-state index in [1.165, 1.54) is 10.7 Å². The van der Waals surface area contributed by atoms with Crippen LogP contribution in [0.1, 0.15) is 57.1 Å². The molecule has 0 aromatic carbocycles. The number of ether oxygens (including phenoxy) is 1. The number of amides is 1. The summed E-state index contributed by atoms with van der Waals surface area (Å²) < 4.78 is 50.8. The molecule has 1 amide bonds. The Balaban J connectivity index is 1.61. The summed E-state index contributed by atoms with van der Waals surface area (Å²) in [6.45, 7) is 8.30. The Morgan fingerprint density at radius 2 is 1.98 bits per heavy atom. The van der Waals surface area contributed by atoms with E-state index in [1.54, 1.807) is 36.3 Å². The highest BCUT2D eigenvalue weighted by molar-refractivity contribution is 7.98. The minimum atomic E-state index is -4.42. The number of hydrogen-bond donors (Lipinski definition) is 2. The zero-order chi connectivity index (χ0) is 29.5. The van der Waals surface area contributed by atoms with Gasteiger partial charge >= 0.3 is 6.18 Å². The predicted molar refractivity (Wildman–Crippen MR) is 144 cm³/mol. The summed E-state index contributed by atoms with van der Waals surface area (Å²) >= 11 is 1.06. The molecule has 0 bridgehead atoms. The van der Waals surface area contributed by atoms with Crippen molar-refractivity contribution in [1.29, 1.82) is 0 Å². The van der Waals surface area contributed by atoms with Gasteiger partial charge in [-0.2, -0.15) is 18.3 Å². The van der Waals surface area contributed by atoms with Crippen molar-refractivity contribution >= 4 is 23.7 Å². The lowest BCUT2D eigenvalue weighted by Gasteiger charge is -2.34. The third-order valence-corrected chi connectivity index (χ3v) is 7.70. The zero-order valence-corrected chi connectivity index (χ0v) is 24.1. The smallest absolute Gasteiger partial charge is 0.397 e. The fourth-order valence-corrected chi connectivity index (χ4v) is 5.36. The molecule has 40 heavy (non-hydrogen) atoms. The average molecular weight is 582 g/mol. The Bertz CT molecular complexity index is 1370. The summed E-state index contributed by atoms with van der Waals surface area (Å²) in [5.41, 5.74) is -1.52. The van der Waals surface area contributed by atoms with Crippen molar-refractivity contribution in [1.82, 2.24) is 29.3 Å². The number of anilines is 1. The van der Waals surface area contributed by atoms with Crippen molar-refractivity contribution in [3.05, 3.63) is 41.9 Å². The molecule has 1 aliphatic heterocycles. The molecule has 218 valence electrons. The van der Waals surface area contributed by atoms with E-state index in [4.69, 9.17) is 9.72 Å². The van der Waals surface area contributed by atoms with Crippen molar-refractivity contribution in [2.24, 2.45) is 18.4 Å². The van der Waals surface area contributed by atoms with E-state index in [1.807, 2.05) is 0 Å². The van der Waals surface area contributed by atoms with E-state index in [9.17, 15) is 23.1 Å². The summed E-state index contributed by atoms with van der Waals surface area (Å²) in [6, 6.07) is 4.74. The second-order valence-corrected chi connectivity index (χ2v) is 12.2. The number of nitrogens with one attached hydrogen (secondary N) is 1. The summed E-state index contributed by atoms with van der Waals surface area (Å²) in [5, 5.41) is 18.0. The van der Waals surface area contributed by atoms with Crippen LogP contribution < -0.4 is 14.4 Å². The van der Waals surface area contributed by atoms with Crippen molar-refractivity contribution in [3.63, 3.8) is 0 Å². The topological polar surface area (TPSA) is 110 Å². The van der Waals surface area contributed by atoms with Gasteiger partial charge in [-0.25, -0.2) is 9.67 Å². The summed E-state index contributed by atoms with van der Waals surface area (Å²) in [6.07, 6.45) is -0.262. The Labute approximate surface area is 235 Å². The number of aliphatic hydroxyl groups is 1. The molecule has 14 heteroatoms. The van der Waals surface area contributed by atoms with Gasteiger partial charge in [0.2, 0.25) is 5.88 Å². The van der Waals surface area contributed by atoms with E-state index in [0.29, 0.717) is 40.3 Å². The van der Waals surface area contributed by atoms with Gasteiger partial charge in [-0.05, 0) is 64.1 Å². The number of carbonyl (C=O) groups excluding carboxylic acids is 1. The van der Waals surface area contributed by atoms with Crippen LogP contribution in [-0.2, 0) is 13.7 Å². The second kappa shape index (κ2) is 11.0. The first-order chi connectivity index (χ1) is 18.6. The molecule has 0 spiro atoms. The largest absolute Gasteiger partial charge is 0.476 e. The van der Waals surface area contributed by atoms with Crippen molar-refractivity contribution in [2.75, 3.05) is 18.1 Å². The number of aliphatic hydroxyl groups excluding tert-OH is 1. The standard InChI is InChI=1S/C26H34F3N7O3S/c1-16-11-25(4,5)35(12-16)22-17(23(38)33-40-19-13-34(6)31-18(19)14-37)7-8-20(30-22)36-10-9-21(32-36)39-15-24(2,3)26(27,28)29/h7-10,13,16,37H,11-12,14-15H2,1-6H3,(H,33,38). The monoisotopic (exact) mass is 581 g/mol. The lowest BCUT2D eigenvalue weighted by Crippen LogP contribution is -2.40. The molecule has 1 saturated heterocycles. The maximum Gasteiger partial charge on any atom is 0.397 e. The molecular weight excluding hydrogens is 547 g/mol. The van der Waals surface area contributed by atoms with Gasteiger partial charge in [-0.3, -0.25) is 14.2 Å². The molecule has 0 aliphatic carbocycles. The maximum atomic E-state index is 13.4. The summed E-state index contributed by atoms with van der Waals surface area (Å²) in [5.74, 6) is 0.880. The number of hydrogen-bond acceptors (Lipinski definition) is 8. The number of alkyl halides is 3. The predicted octanol–water partition coefficient (Wildman–Crippen LogP) is 4.52. The van der Waals surface area contributed by atoms with Crippen LogP contribution in [0.3, 0.4) is 0 Å². The molecular formula is C26H34F3N7O3S. The first kappa shape index (κ1) is 29.7. The minimum absolute atomic E-state index is 0.0326. The highest BCUT2D eigenvalue weighted by Crippen LogP contribution is 2.39. The van der Waals surface area contributed by atoms with Crippen LogP contribution in [0.2, 0.25) is 0 Å². The molecule has 10 nitrogen and oxygen atoms in total. The third kappa shape index (κ3) is 6.22. The summed E-state index contributed by atoms with van der Waals surface area (Å²) in [4.78, 5) is 20.9. The minimum Gasteiger partial charge on any atom is -0.476 e. The van der Waals surface area contributed by atoms with Gasteiger partial charge in [0.25, 0.3) is 5.91 Å². The highest BCUT2D eigenvalue weighted by Gasteiger charge is 2.48. The van der Waals surface area contributed by atoms with E-state index in [-0.39, 0.29) is 23.9 Å². The van der Waals surface area contributed by atoms with Crippen LogP contribution in [-0.4, -0.2) is 60.4 Å². The highest BCUT2D eigenvalue weighted by atomic mass is 32.2. The Kier molecular flexibility index (Phi) is 8.14. The normalized spacial score (nSPS) is 17.4. The van der Waals surface area contributed by atoms with Gasteiger partial charge in [0, 0.05) is 37.6 Å². The van der Waals surface area contributed by atoms with Crippen molar-refractivity contribution in [2.45, 2.75) is 64.3 Å². The fourth-order valence-electron chi connectivity index (χ4n) is 4.62. The number of rotatable bonds is 9. The molecule has 1 aliphatic rings. The summed E-state index contributed by atoms with van der Waals surface area (Å²) in [7, 11) is 1.73. The van der Waals surface area contributed by atoms with Gasteiger partial charge in [0.1, 0.15) is 18.1 Å². The van der Waals surface area contributed by atoms with Crippen LogP contribution in [0.5, 0.6) is 5.88 Å². The SMILES string of the molecule is CC1CN(c2nc(-n3ccc(OCC(C)(C)C(F)(F)F)n3)ccc2C(=O)NSc2cn(C)nc2CO)C(C)(C)C1. The van der Waals surface area contributed by atoms with Crippen LogP contribution in [0.4, 0.5) is 19.0 Å². The molecule has 4 heterocycles. The quantitative estimate of drug-likeness (QED) is 0.355. The van der Waals surface area contributed by atoms with E-state index in [0.717, 1.165) is 32.2 Å². The van der Waals surface area contributed by atoms with Gasteiger partial charge in [-0.15, -0.1) is 5.10 Å². The van der Waals surface area contributed by atoms with Crippen molar-refractivity contribution in [3.8, 4) is 11.7 Å². The number of halogens is 3. The van der Waals surface area contributed by atoms with E-state index >= 15 is 0 Å². The number of carbonyl (C=O) groups is 1. The maximum absolute atomic E-state index is 13.4. The Hall–Kier alpha value is -3.26. The van der Waals surface area contributed by atoms with Gasteiger partial charge in [-0.1, -0.05) is 6.92 Å². The Morgan fingerprint density at radius 3 is 2.60 bits per heavy atom. The number of nitrogens with zero attached hydrogens (tertiary/aromatic N) is 6. The first-order valence-corrected chi connectivity index (χ1v) is 13.6. The lowest BCUT2D eigenvalue weighted by atomic mass is 9.94. The zero-order valence-electron chi connectivity index (χ0n) is 23.3. The van der Waals surface area contributed by atoms with E-state index in [2.05, 4.69) is 40.6 Å². The molecule has 0 saturated carbocycles. The van der Waals surface area contributed by atoms with Crippen LogP contribution in [0, 0.1) is 11.3 Å². The van der Waals surface area contributed by atoms with Gasteiger partial charge < -0.3 is 14.7 Å². The molecule has 0 radical (unpaired) electrons. The van der Waals surface area contributed by atoms with Gasteiger partial charge in [0.05, 0.1) is 22.5 Å². The molecule has 4 rings (SSSR count). The molecule has 1 fully saturated rings. The van der Waals surface area contributed by atoms with Crippen LogP contribution in [0.15, 0.2) is 35.5 Å². The first-order valence-electron chi connectivity index (χ1n) is 12.8.